The largest absolute Gasteiger partial charge is 0.507 e. The number of hydrogen-bond donors (Lipinski definition) is 1. The Morgan fingerprint density at radius 1 is 1.07 bits per heavy atom. The number of aliphatic hydroxyl groups excluding tert-OH is 1. The van der Waals surface area contributed by atoms with E-state index in [-0.39, 0.29) is 11.3 Å². The number of amides is 1. The van der Waals surface area contributed by atoms with Crippen LogP contribution in [0.15, 0.2) is 83.1 Å². The first-order chi connectivity index (χ1) is 14.0. The van der Waals surface area contributed by atoms with E-state index in [1.807, 2.05) is 6.07 Å². The molecule has 1 fully saturated rings. The third kappa shape index (κ3) is 3.57. The van der Waals surface area contributed by atoms with E-state index in [9.17, 15) is 14.7 Å². The van der Waals surface area contributed by atoms with Gasteiger partial charge in [-0.3, -0.25) is 19.5 Å². The van der Waals surface area contributed by atoms with Gasteiger partial charge in [-0.05, 0) is 54.1 Å². The van der Waals surface area contributed by atoms with Crippen LogP contribution in [0.3, 0.4) is 0 Å². The summed E-state index contributed by atoms with van der Waals surface area (Å²) in [5.41, 5.74) is 1.55. The normalized spacial score (nSPS) is 18.3. The fourth-order valence-corrected chi connectivity index (χ4v) is 3.85. The summed E-state index contributed by atoms with van der Waals surface area (Å²) in [6.45, 7) is 0. The molecule has 1 aromatic heterocycles. The van der Waals surface area contributed by atoms with Gasteiger partial charge in [0.2, 0.25) is 0 Å². The van der Waals surface area contributed by atoms with E-state index in [2.05, 4.69) is 20.9 Å². The molecule has 0 spiro atoms. The van der Waals surface area contributed by atoms with Crippen molar-refractivity contribution in [3.05, 3.63) is 99.3 Å². The molecule has 1 atom stereocenters. The zero-order valence-electron chi connectivity index (χ0n) is 14.9. The second kappa shape index (κ2) is 7.81. The van der Waals surface area contributed by atoms with Crippen molar-refractivity contribution in [3.8, 4) is 0 Å². The summed E-state index contributed by atoms with van der Waals surface area (Å²) in [7, 11) is 0. The molecule has 4 rings (SSSR count). The Morgan fingerprint density at radius 2 is 1.83 bits per heavy atom. The van der Waals surface area contributed by atoms with Gasteiger partial charge in [0.25, 0.3) is 11.7 Å². The predicted octanol–water partition coefficient (Wildman–Crippen LogP) is 5.12. The molecular weight excluding hydrogens is 456 g/mol. The van der Waals surface area contributed by atoms with Crippen LogP contribution in [0, 0.1) is 0 Å². The number of halogens is 2. The number of benzene rings is 2. The molecule has 1 aliphatic heterocycles. The van der Waals surface area contributed by atoms with Crippen molar-refractivity contribution in [2.45, 2.75) is 6.04 Å². The SMILES string of the molecule is O=C1C(=O)N(c2cccc(Br)c2)C(c2cccnc2)/C1=C(\O)c1ccc(Cl)cc1. The Hall–Kier alpha value is -2.96. The van der Waals surface area contributed by atoms with E-state index < -0.39 is 17.7 Å². The van der Waals surface area contributed by atoms with E-state index >= 15 is 0 Å². The number of hydrogen-bond acceptors (Lipinski definition) is 4. The van der Waals surface area contributed by atoms with E-state index in [4.69, 9.17) is 11.6 Å². The number of anilines is 1. The number of ketones is 1. The summed E-state index contributed by atoms with van der Waals surface area (Å²) < 4.78 is 0.763. The van der Waals surface area contributed by atoms with E-state index in [0.29, 0.717) is 21.8 Å². The number of aliphatic hydroxyl groups is 1. The molecule has 29 heavy (non-hydrogen) atoms. The van der Waals surface area contributed by atoms with Gasteiger partial charge in [0.05, 0.1) is 11.6 Å². The summed E-state index contributed by atoms with van der Waals surface area (Å²) in [5.74, 6) is -1.73. The van der Waals surface area contributed by atoms with Gasteiger partial charge in [0.1, 0.15) is 5.76 Å². The second-order valence-corrected chi connectivity index (χ2v) is 7.79. The van der Waals surface area contributed by atoms with Crippen LogP contribution in [0.4, 0.5) is 5.69 Å². The maximum Gasteiger partial charge on any atom is 0.300 e. The van der Waals surface area contributed by atoms with Crippen LogP contribution >= 0.6 is 27.5 Å². The quantitative estimate of drug-likeness (QED) is 0.328. The monoisotopic (exact) mass is 468 g/mol. The summed E-state index contributed by atoms with van der Waals surface area (Å²) in [5, 5.41) is 11.5. The molecule has 1 saturated heterocycles. The molecule has 0 bridgehead atoms. The van der Waals surface area contributed by atoms with Gasteiger partial charge < -0.3 is 5.11 Å². The third-order valence-corrected chi connectivity index (χ3v) is 5.39. The molecule has 7 heteroatoms. The van der Waals surface area contributed by atoms with Crippen molar-refractivity contribution in [1.29, 1.82) is 0 Å². The molecule has 1 N–H and O–H groups in total. The molecule has 5 nitrogen and oxygen atoms in total. The van der Waals surface area contributed by atoms with Gasteiger partial charge in [-0.1, -0.05) is 39.7 Å². The van der Waals surface area contributed by atoms with Crippen LogP contribution in [-0.4, -0.2) is 21.8 Å². The van der Waals surface area contributed by atoms with E-state index in [0.717, 1.165) is 4.47 Å². The maximum atomic E-state index is 13.0. The summed E-state index contributed by atoms with van der Waals surface area (Å²) in [4.78, 5) is 31.5. The highest BCUT2D eigenvalue weighted by molar-refractivity contribution is 9.10. The van der Waals surface area contributed by atoms with E-state index in [1.165, 1.54) is 4.90 Å². The summed E-state index contributed by atoms with van der Waals surface area (Å²) in [6.07, 6.45) is 3.19. The van der Waals surface area contributed by atoms with Crippen molar-refractivity contribution in [1.82, 2.24) is 4.98 Å². The van der Waals surface area contributed by atoms with Crippen LogP contribution in [0.25, 0.3) is 5.76 Å². The van der Waals surface area contributed by atoms with Gasteiger partial charge in [-0.15, -0.1) is 0 Å². The van der Waals surface area contributed by atoms with Crippen LogP contribution in [0.2, 0.25) is 5.02 Å². The number of carbonyl (C=O) groups excluding carboxylic acids is 2. The average molecular weight is 470 g/mol. The molecule has 2 aromatic carbocycles. The Balaban J connectivity index is 1.94. The van der Waals surface area contributed by atoms with Crippen LogP contribution in [0.1, 0.15) is 17.2 Å². The lowest BCUT2D eigenvalue weighted by Gasteiger charge is -2.25. The van der Waals surface area contributed by atoms with Gasteiger partial charge in [-0.25, -0.2) is 0 Å². The number of rotatable bonds is 3. The minimum absolute atomic E-state index is 0.00491. The number of Topliss-reactive ketones (excluding diaryl/α,β-unsaturated/α-hetero) is 1. The Labute approximate surface area is 180 Å². The zero-order chi connectivity index (χ0) is 20.5. The standard InChI is InChI=1S/C22H14BrClN2O3/c23-15-4-1-5-17(11-15)26-19(14-3-2-10-25-12-14)18(21(28)22(26)29)20(27)13-6-8-16(24)9-7-13/h1-12,19,27H/b20-18+. The van der Waals surface area contributed by atoms with Crippen molar-refractivity contribution < 1.29 is 14.7 Å². The predicted molar refractivity (Wildman–Crippen MR) is 115 cm³/mol. The Morgan fingerprint density at radius 3 is 2.48 bits per heavy atom. The number of aromatic nitrogens is 1. The molecule has 1 unspecified atom stereocenters. The van der Waals surface area contributed by atoms with Crippen LogP contribution < -0.4 is 4.90 Å². The minimum atomic E-state index is -0.811. The average Bonchev–Trinajstić information content (AvgIpc) is 2.99. The van der Waals surface area contributed by atoms with Gasteiger partial charge in [0, 0.05) is 33.1 Å². The molecule has 0 saturated carbocycles. The van der Waals surface area contributed by atoms with E-state index in [1.54, 1.807) is 67.0 Å². The third-order valence-electron chi connectivity index (χ3n) is 4.65. The molecule has 1 amide bonds. The van der Waals surface area contributed by atoms with Crippen molar-refractivity contribution in [3.63, 3.8) is 0 Å². The molecule has 0 radical (unpaired) electrons. The first-order valence-electron chi connectivity index (χ1n) is 8.70. The molecule has 3 aromatic rings. The van der Waals surface area contributed by atoms with Crippen molar-refractivity contribution in [2.24, 2.45) is 0 Å². The zero-order valence-corrected chi connectivity index (χ0v) is 17.3. The number of carbonyl (C=O) groups is 2. The topological polar surface area (TPSA) is 70.5 Å². The van der Waals surface area contributed by atoms with Crippen molar-refractivity contribution in [2.75, 3.05) is 4.90 Å². The Bertz CT molecular complexity index is 1130. The van der Waals surface area contributed by atoms with Gasteiger partial charge in [-0.2, -0.15) is 0 Å². The highest BCUT2D eigenvalue weighted by atomic mass is 79.9. The fourth-order valence-electron chi connectivity index (χ4n) is 3.34. The molecule has 2 heterocycles. The summed E-state index contributed by atoms with van der Waals surface area (Å²) in [6, 6.07) is 16.2. The second-order valence-electron chi connectivity index (χ2n) is 6.44. The molecule has 1 aliphatic rings. The maximum absolute atomic E-state index is 13.0. The first-order valence-corrected chi connectivity index (χ1v) is 9.87. The lowest BCUT2D eigenvalue weighted by atomic mass is 9.96. The fraction of sp³-hybridized carbons (Fsp3) is 0.0455. The van der Waals surface area contributed by atoms with Crippen LogP contribution in [0.5, 0.6) is 0 Å². The number of nitrogens with zero attached hydrogens (tertiary/aromatic N) is 2. The van der Waals surface area contributed by atoms with Gasteiger partial charge in [0.15, 0.2) is 0 Å². The smallest absolute Gasteiger partial charge is 0.300 e. The highest BCUT2D eigenvalue weighted by Gasteiger charge is 2.47. The molecular formula is C22H14BrClN2O3. The number of pyridine rings is 1. The summed E-state index contributed by atoms with van der Waals surface area (Å²) >= 11 is 9.33. The van der Waals surface area contributed by atoms with Crippen molar-refractivity contribution >= 4 is 50.7 Å². The first kappa shape index (κ1) is 19.4. The van der Waals surface area contributed by atoms with Crippen LogP contribution in [-0.2, 0) is 9.59 Å². The molecule has 144 valence electrons. The highest BCUT2D eigenvalue weighted by Crippen LogP contribution is 2.42. The lowest BCUT2D eigenvalue weighted by Crippen LogP contribution is -2.29. The minimum Gasteiger partial charge on any atom is -0.507 e. The molecule has 0 aliphatic carbocycles. The van der Waals surface area contributed by atoms with Gasteiger partial charge >= 0.3 is 0 Å². The lowest BCUT2D eigenvalue weighted by molar-refractivity contribution is -0.132. The Kier molecular flexibility index (Phi) is 5.22.